The van der Waals surface area contributed by atoms with Gasteiger partial charge in [0, 0.05) is 37.8 Å². The van der Waals surface area contributed by atoms with Gasteiger partial charge in [0.05, 0.1) is 17.5 Å². The molecule has 11 heteroatoms. The van der Waals surface area contributed by atoms with Crippen LogP contribution in [0.5, 0.6) is 5.75 Å². The van der Waals surface area contributed by atoms with Gasteiger partial charge in [-0.2, -0.15) is 0 Å². The van der Waals surface area contributed by atoms with E-state index in [1.165, 1.54) is 4.90 Å². The van der Waals surface area contributed by atoms with Gasteiger partial charge in [0.15, 0.2) is 34.7 Å². The summed E-state index contributed by atoms with van der Waals surface area (Å²) in [6.45, 7) is 5.20. The normalized spacial score (nSPS) is 30.6. The molecule has 0 radical (unpaired) electrons. The zero-order chi connectivity index (χ0) is 29.8. The van der Waals surface area contributed by atoms with Gasteiger partial charge in [-0.05, 0) is 56.9 Å². The van der Waals surface area contributed by atoms with Crippen molar-refractivity contribution in [3.05, 3.63) is 22.8 Å². The van der Waals surface area contributed by atoms with Gasteiger partial charge >= 0.3 is 0 Å². The van der Waals surface area contributed by atoms with E-state index >= 15 is 0 Å². The maximum absolute atomic E-state index is 14.0. The first-order valence-corrected chi connectivity index (χ1v) is 13.8. The molecule has 218 valence electrons. The monoisotopic (exact) mass is 556 g/mol. The highest BCUT2D eigenvalue weighted by atomic mass is 16.3. The lowest BCUT2D eigenvalue weighted by Gasteiger charge is -2.52. The summed E-state index contributed by atoms with van der Waals surface area (Å²) >= 11 is 0. The third-order valence-corrected chi connectivity index (χ3v) is 9.10. The predicted octanol–water partition coefficient (Wildman–Crippen LogP) is 0.0687. The third-order valence-electron chi connectivity index (χ3n) is 9.10. The van der Waals surface area contributed by atoms with Gasteiger partial charge in [-0.25, -0.2) is 0 Å². The van der Waals surface area contributed by atoms with Crippen LogP contribution in [0.2, 0.25) is 0 Å². The molecule has 0 saturated heterocycles. The quantitative estimate of drug-likeness (QED) is 0.321. The van der Waals surface area contributed by atoms with E-state index < -0.39 is 64.4 Å². The Morgan fingerprint density at radius 3 is 2.38 bits per heavy atom. The topological polar surface area (TPSA) is 170 Å². The Morgan fingerprint density at radius 2 is 1.82 bits per heavy atom. The molecule has 2 saturated carbocycles. The number of carbonyl (C=O) groups is 5. The number of aliphatic hydroxyl groups is 1. The maximum atomic E-state index is 14.0. The molecule has 0 heterocycles. The average molecular weight is 557 g/mol. The first kappa shape index (κ1) is 29.8. The molecule has 0 spiro atoms. The smallest absolute Gasteiger partial charge is 0.235 e. The number of carbonyl (C=O) groups excluding carboxylic acids is 5. The Bertz CT molecular complexity index is 1280. The lowest BCUT2D eigenvalue weighted by atomic mass is 9.52. The summed E-state index contributed by atoms with van der Waals surface area (Å²) in [5.41, 5.74) is 4.47. The van der Waals surface area contributed by atoms with E-state index in [-0.39, 0.29) is 24.2 Å². The molecular formula is C29H40N4O7. The van der Waals surface area contributed by atoms with Crippen molar-refractivity contribution in [2.24, 2.45) is 35.3 Å². The fourth-order valence-corrected chi connectivity index (χ4v) is 6.84. The van der Waals surface area contributed by atoms with Crippen LogP contribution in [0, 0.1) is 29.6 Å². The summed E-state index contributed by atoms with van der Waals surface area (Å²) < 4.78 is 0. The Kier molecular flexibility index (Phi) is 7.96. The molecule has 40 heavy (non-hydrogen) atoms. The van der Waals surface area contributed by atoms with Crippen molar-refractivity contribution < 1.29 is 34.2 Å². The van der Waals surface area contributed by atoms with E-state index in [4.69, 9.17) is 5.73 Å². The van der Waals surface area contributed by atoms with Crippen LogP contribution in [0.1, 0.15) is 48.2 Å². The summed E-state index contributed by atoms with van der Waals surface area (Å²) in [7, 11) is 6.78. The van der Waals surface area contributed by atoms with Crippen molar-refractivity contribution in [2.45, 2.75) is 51.3 Å². The van der Waals surface area contributed by atoms with E-state index in [1.807, 2.05) is 25.1 Å². The van der Waals surface area contributed by atoms with Crippen LogP contribution in [0.4, 0.5) is 5.69 Å². The third kappa shape index (κ3) is 4.44. The molecule has 0 bridgehead atoms. The zero-order valence-corrected chi connectivity index (χ0v) is 24.0. The number of fused-ring (bicyclic) bond motifs is 3. The van der Waals surface area contributed by atoms with E-state index in [0.29, 0.717) is 30.1 Å². The highest BCUT2D eigenvalue weighted by Gasteiger charge is 2.69. The van der Waals surface area contributed by atoms with Crippen LogP contribution in [0.15, 0.2) is 6.07 Å². The second-order valence-corrected chi connectivity index (χ2v) is 12.1. The molecule has 5 N–H and O–H groups in total. The van der Waals surface area contributed by atoms with Crippen molar-refractivity contribution in [1.29, 1.82) is 0 Å². The van der Waals surface area contributed by atoms with E-state index in [1.54, 1.807) is 14.1 Å². The Balaban J connectivity index is 1.82. The summed E-state index contributed by atoms with van der Waals surface area (Å²) in [6, 6.07) is 0.711. The number of likely N-dealkylation sites (N-methyl/N-ethyl adjacent to an activating group) is 1. The van der Waals surface area contributed by atoms with Gasteiger partial charge in [-0.1, -0.05) is 20.3 Å². The standard InChI is InChI=1S/C29H40N4O7/c1-7-13(2)11-31-12-15-10-18(32(3)4)16-8-14-9-17-22(33(5)6)25(36)21(28(30)39)27(38)29(17,40)26(37)19(14)24(35)20(16)23(15)34/h10,13-14,17,19,21-22,31,34,40H,7-9,11-12H2,1-6H3,(H2,30,39)/t13?,14-,17-,19?,21?,22-,29-/m0/s1. The summed E-state index contributed by atoms with van der Waals surface area (Å²) in [5, 5.41) is 26.3. The minimum atomic E-state index is -2.73. The number of hydrogen-bond acceptors (Lipinski definition) is 10. The number of ketones is 4. The lowest BCUT2D eigenvalue weighted by Crippen LogP contribution is -2.74. The number of nitrogens with one attached hydrogen (secondary N) is 1. The summed E-state index contributed by atoms with van der Waals surface area (Å²) in [5.74, 6) is -9.95. The van der Waals surface area contributed by atoms with Gasteiger partial charge in [-0.3, -0.25) is 28.9 Å². The van der Waals surface area contributed by atoms with Crippen LogP contribution >= 0.6 is 0 Å². The number of benzene rings is 1. The van der Waals surface area contributed by atoms with E-state index in [0.717, 1.165) is 12.1 Å². The number of Topliss-reactive ketones (excluding diaryl/α,β-unsaturated/α-hetero) is 4. The van der Waals surface area contributed by atoms with Crippen molar-refractivity contribution >= 4 is 34.7 Å². The van der Waals surface area contributed by atoms with Crippen molar-refractivity contribution in [3.63, 3.8) is 0 Å². The molecule has 1 amide bonds. The van der Waals surface area contributed by atoms with Crippen LogP contribution in [0.25, 0.3) is 0 Å². The fraction of sp³-hybridized carbons (Fsp3) is 0.621. The van der Waals surface area contributed by atoms with Crippen molar-refractivity contribution in [2.75, 3.05) is 39.6 Å². The molecule has 3 unspecified atom stereocenters. The number of phenols is 1. The van der Waals surface area contributed by atoms with Crippen molar-refractivity contribution in [1.82, 2.24) is 10.2 Å². The molecule has 0 aliphatic heterocycles. The van der Waals surface area contributed by atoms with E-state index in [2.05, 4.69) is 19.2 Å². The highest BCUT2D eigenvalue weighted by Crippen LogP contribution is 2.52. The number of nitrogens with two attached hydrogens (primary N) is 1. The molecule has 11 nitrogen and oxygen atoms in total. The number of aromatic hydroxyl groups is 1. The molecular weight excluding hydrogens is 516 g/mol. The number of primary amides is 1. The highest BCUT2D eigenvalue weighted by molar-refractivity contribution is 6.32. The molecule has 3 aliphatic carbocycles. The minimum Gasteiger partial charge on any atom is -0.507 e. The number of phenolic OH excluding ortho intramolecular Hbond substituents is 1. The largest absolute Gasteiger partial charge is 0.507 e. The summed E-state index contributed by atoms with van der Waals surface area (Å²) in [6.07, 6.45) is 1.23. The second-order valence-electron chi connectivity index (χ2n) is 12.1. The molecule has 2 fully saturated rings. The minimum absolute atomic E-state index is 0.0122. The van der Waals surface area contributed by atoms with Crippen LogP contribution < -0.4 is 16.0 Å². The van der Waals surface area contributed by atoms with Gasteiger partial charge in [0.1, 0.15) is 5.75 Å². The molecule has 1 aromatic rings. The van der Waals surface area contributed by atoms with E-state index in [9.17, 15) is 34.2 Å². The number of rotatable bonds is 8. The van der Waals surface area contributed by atoms with Crippen LogP contribution in [0.3, 0.4) is 0 Å². The molecule has 1 aromatic carbocycles. The van der Waals surface area contributed by atoms with Crippen LogP contribution in [-0.2, 0) is 32.1 Å². The molecule has 0 aromatic heterocycles. The number of anilines is 1. The predicted molar refractivity (Wildman–Crippen MR) is 147 cm³/mol. The van der Waals surface area contributed by atoms with Gasteiger partial charge in [0.25, 0.3) is 0 Å². The van der Waals surface area contributed by atoms with Gasteiger partial charge < -0.3 is 26.2 Å². The zero-order valence-electron chi connectivity index (χ0n) is 24.0. The second kappa shape index (κ2) is 10.7. The SMILES string of the molecule is CCC(C)CNCc1cc(N(C)C)c2c(c1O)C(=O)C1C(=O)[C@]3(O)C(=O)C(C(N)=O)C(=O)[C@@H](N(C)C)[C@@H]3C[C@@H]1C2. The molecule has 3 aliphatic rings. The lowest BCUT2D eigenvalue weighted by molar-refractivity contribution is -0.181. The first-order chi connectivity index (χ1) is 18.7. The Hall–Kier alpha value is -3.15. The molecule has 4 rings (SSSR count). The van der Waals surface area contributed by atoms with Gasteiger partial charge in [0.2, 0.25) is 5.91 Å². The average Bonchev–Trinajstić information content (AvgIpc) is 2.86. The number of nitrogens with zero attached hydrogens (tertiary/aromatic N) is 2. The van der Waals surface area contributed by atoms with Gasteiger partial charge in [-0.15, -0.1) is 0 Å². The first-order valence-electron chi connectivity index (χ1n) is 13.8. The van der Waals surface area contributed by atoms with Crippen LogP contribution in [-0.4, -0.2) is 90.5 Å². The number of amides is 1. The fourth-order valence-electron chi connectivity index (χ4n) is 6.84. The molecule has 7 atom stereocenters. The van der Waals surface area contributed by atoms with Crippen molar-refractivity contribution in [3.8, 4) is 5.75 Å². The number of hydrogen-bond donors (Lipinski definition) is 4. The Labute approximate surface area is 234 Å². The maximum Gasteiger partial charge on any atom is 0.235 e. The Morgan fingerprint density at radius 1 is 1.18 bits per heavy atom. The summed E-state index contributed by atoms with van der Waals surface area (Å²) in [4.78, 5) is 70.1.